The molecule has 0 aliphatic carbocycles. The van der Waals surface area contributed by atoms with Gasteiger partial charge < -0.3 is 0 Å². The number of hydrogen-bond acceptors (Lipinski definition) is 2. The molecule has 0 saturated carbocycles. The van der Waals surface area contributed by atoms with Gasteiger partial charge in [0.25, 0.3) is 5.91 Å². The van der Waals surface area contributed by atoms with Crippen molar-refractivity contribution in [2.75, 3.05) is 4.90 Å². The molecule has 5 aromatic rings. The number of pyridine rings is 1. The van der Waals surface area contributed by atoms with Crippen LogP contribution in [0.1, 0.15) is 10.4 Å². The zero-order chi connectivity index (χ0) is 20.2. The summed E-state index contributed by atoms with van der Waals surface area (Å²) in [5, 5.41) is 2.25. The molecule has 3 nitrogen and oxygen atoms in total. The molecule has 0 saturated heterocycles. The van der Waals surface area contributed by atoms with Gasteiger partial charge in [0.2, 0.25) is 0 Å². The highest BCUT2D eigenvalue weighted by atomic mass is 35.5. The minimum Gasteiger partial charge on any atom is -0.276 e. The molecule has 0 fully saturated rings. The van der Waals surface area contributed by atoms with E-state index in [1.54, 1.807) is 4.90 Å². The number of halogens is 1. The molecule has 0 N–H and O–H groups in total. The van der Waals surface area contributed by atoms with Gasteiger partial charge in [-0.2, -0.15) is 0 Å². The van der Waals surface area contributed by atoms with Crippen molar-refractivity contribution in [1.29, 1.82) is 0 Å². The Kier molecular flexibility index (Phi) is 3.67. The van der Waals surface area contributed by atoms with Gasteiger partial charge in [0.15, 0.2) is 0 Å². The van der Waals surface area contributed by atoms with Crippen LogP contribution in [0.2, 0.25) is 5.02 Å². The van der Waals surface area contributed by atoms with Crippen molar-refractivity contribution in [3.05, 3.63) is 102 Å². The first-order valence-corrected chi connectivity index (χ1v) is 10.1. The molecule has 30 heavy (non-hydrogen) atoms. The summed E-state index contributed by atoms with van der Waals surface area (Å²) in [5.41, 5.74) is 6.04. The summed E-state index contributed by atoms with van der Waals surface area (Å²) in [4.78, 5) is 20.4. The first-order chi connectivity index (χ1) is 14.7. The molecule has 1 aliphatic heterocycles. The van der Waals surface area contributed by atoms with Crippen molar-refractivity contribution < 1.29 is 4.79 Å². The van der Waals surface area contributed by atoms with E-state index in [-0.39, 0.29) is 5.91 Å². The molecule has 2 heterocycles. The molecule has 1 amide bonds. The number of amides is 1. The molecule has 0 radical (unpaired) electrons. The van der Waals surface area contributed by atoms with Crippen molar-refractivity contribution in [2.45, 2.75) is 0 Å². The average molecular weight is 407 g/mol. The van der Waals surface area contributed by atoms with E-state index >= 15 is 0 Å². The molecule has 4 aromatic carbocycles. The predicted molar refractivity (Wildman–Crippen MR) is 123 cm³/mol. The van der Waals surface area contributed by atoms with E-state index in [1.807, 2.05) is 66.7 Å². The Morgan fingerprint density at radius 3 is 2.23 bits per heavy atom. The maximum atomic E-state index is 13.7. The Morgan fingerprint density at radius 1 is 0.733 bits per heavy atom. The average Bonchev–Trinajstić information content (AvgIpc) is 3.08. The van der Waals surface area contributed by atoms with Crippen LogP contribution in [0.5, 0.6) is 0 Å². The lowest BCUT2D eigenvalue weighted by molar-refractivity contribution is 0.101. The van der Waals surface area contributed by atoms with Crippen molar-refractivity contribution in [2.24, 2.45) is 0 Å². The third-order valence-corrected chi connectivity index (χ3v) is 5.83. The van der Waals surface area contributed by atoms with Crippen LogP contribution < -0.4 is 4.90 Å². The Hall–Kier alpha value is -3.69. The van der Waals surface area contributed by atoms with Crippen LogP contribution in [-0.2, 0) is 0 Å². The van der Waals surface area contributed by atoms with Crippen molar-refractivity contribution >= 4 is 50.7 Å². The third-order valence-electron chi connectivity index (χ3n) is 5.59. The van der Waals surface area contributed by atoms with E-state index in [0.717, 1.165) is 44.3 Å². The number of carbonyl (C=O) groups excluding carboxylic acids is 1. The standard InChI is InChI=1S/C26H15ClN2O/c27-18-11-12-21-20(15-18)24-25-22(28-21)13-17(16-7-3-1-4-8-16)14-23(25)29(26(24)30)19-9-5-2-6-10-19/h1-15H. The van der Waals surface area contributed by atoms with Gasteiger partial charge in [-0.25, -0.2) is 4.98 Å². The Labute approximate surface area is 178 Å². The van der Waals surface area contributed by atoms with E-state index < -0.39 is 0 Å². The van der Waals surface area contributed by atoms with Gasteiger partial charge in [-0.05, 0) is 53.6 Å². The number of carbonyl (C=O) groups is 1. The Morgan fingerprint density at radius 2 is 1.47 bits per heavy atom. The molecule has 4 heteroatoms. The van der Waals surface area contributed by atoms with Gasteiger partial charge in [-0.3, -0.25) is 9.69 Å². The molecule has 1 aliphatic rings. The summed E-state index contributed by atoms with van der Waals surface area (Å²) in [7, 11) is 0. The first kappa shape index (κ1) is 17.2. The second-order valence-corrected chi connectivity index (χ2v) is 7.82. The zero-order valence-corrected chi connectivity index (χ0v) is 16.6. The van der Waals surface area contributed by atoms with Crippen LogP contribution in [0.3, 0.4) is 0 Å². The quantitative estimate of drug-likeness (QED) is 0.296. The fraction of sp³-hybridized carbons (Fsp3) is 0. The van der Waals surface area contributed by atoms with Gasteiger partial charge in [0, 0.05) is 21.5 Å². The fourth-order valence-electron chi connectivity index (χ4n) is 4.28. The normalized spacial score (nSPS) is 12.8. The fourth-order valence-corrected chi connectivity index (χ4v) is 4.45. The summed E-state index contributed by atoms with van der Waals surface area (Å²) >= 11 is 6.27. The Balaban J connectivity index is 1.74. The first-order valence-electron chi connectivity index (χ1n) is 9.73. The molecule has 6 rings (SSSR count). The minimum absolute atomic E-state index is 0.0546. The summed E-state index contributed by atoms with van der Waals surface area (Å²) in [6, 6.07) is 29.6. The van der Waals surface area contributed by atoms with Gasteiger partial charge in [-0.15, -0.1) is 0 Å². The van der Waals surface area contributed by atoms with E-state index in [0.29, 0.717) is 10.6 Å². The maximum Gasteiger partial charge on any atom is 0.264 e. The second-order valence-electron chi connectivity index (χ2n) is 7.38. The van der Waals surface area contributed by atoms with Gasteiger partial charge in [-0.1, -0.05) is 60.1 Å². The number of fused-ring (bicyclic) bond motifs is 2. The summed E-state index contributed by atoms with van der Waals surface area (Å²) < 4.78 is 0. The minimum atomic E-state index is -0.0546. The summed E-state index contributed by atoms with van der Waals surface area (Å²) in [6.45, 7) is 0. The van der Waals surface area contributed by atoms with Crippen molar-refractivity contribution in [3.8, 4) is 11.1 Å². The van der Waals surface area contributed by atoms with E-state index in [1.165, 1.54) is 0 Å². The molecule has 1 aromatic heterocycles. The molecule has 0 spiro atoms. The largest absolute Gasteiger partial charge is 0.276 e. The predicted octanol–water partition coefficient (Wildman–Crippen LogP) is 7.00. The third kappa shape index (κ3) is 2.46. The molecule has 142 valence electrons. The van der Waals surface area contributed by atoms with Crippen molar-refractivity contribution in [1.82, 2.24) is 4.98 Å². The second kappa shape index (κ2) is 6.41. The molecule has 0 bridgehead atoms. The lowest BCUT2D eigenvalue weighted by Crippen LogP contribution is -2.20. The van der Waals surface area contributed by atoms with E-state index in [9.17, 15) is 4.79 Å². The zero-order valence-electron chi connectivity index (χ0n) is 15.8. The van der Waals surface area contributed by atoms with E-state index in [4.69, 9.17) is 16.6 Å². The van der Waals surface area contributed by atoms with Crippen LogP contribution >= 0.6 is 11.6 Å². The highest BCUT2D eigenvalue weighted by Crippen LogP contribution is 2.46. The van der Waals surface area contributed by atoms with Crippen molar-refractivity contribution in [3.63, 3.8) is 0 Å². The van der Waals surface area contributed by atoms with Gasteiger partial charge >= 0.3 is 0 Å². The van der Waals surface area contributed by atoms with Crippen LogP contribution in [0.4, 0.5) is 11.4 Å². The number of nitrogens with zero attached hydrogens (tertiary/aromatic N) is 2. The Bertz CT molecular complexity index is 1460. The highest BCUT2D eigenvalue weighted by molar-refractivity contribution is 6.35. The van der Waals surface area contributed by atoms with Crippen LogP contribution in [-0.4, -0.2) is 10.9 Å². The highest BCUT2D eigenvalue weighted by Gasteiger charge is 2.34. The lowest BCUT2D eigenvalue weighted by atomic mass is 9.99. The smallest absolute Gasteiger partial charge is 0.264 e. The molecular weight excluding hydrogens is 392 g/mol. The van der Waals surface area contributed by atoms with Crippen LogP contribution in [0.25, 0.3) is 32.9 Å². The monoisotopic (exact) mass is 406 g/mol. The van der Waals surface area contributed by atoms with Gasteiger partial charge in [0.05, 0.1) is 22.3 Å². The molecule has 0 atom stereocenters. The number of aromatic nitrogens is 1. The number of rotatable bonds is 2. The topological polar surface area (TPSA) is 33.2 Å². The summed E-state index contributed by atoms with van der Waals surface area (Å²) in [6.07, 6.45) is 0. The summed E-state index contributed by atoms with van der Waals surface area (Å²) in [5.74, 6) is -0.0546. The molecule has 0 unspecified atom stereocenters. The number of benzene rings is 4. The SMILES string of the molecule is O=C1c2c3cc(Cl)ccc3nc3cc(-c4ccccc4)cc(c23)N1c1ccccc1. The number of anilines is 2. The number of para-hydroxylation sites is 1. The molecular formula is C26H15ClN2O. The maximum absolute atomic E-state index is 13.7. The van der Waals surface area contributed by atoms with Crippen LogP contribution in [0.15, 0.2) is 91.0 Å². The lowest BCUT2D eigenvalue weighted by Gasteiger charge is -2.18. The van der Waals surface area contributed by atoms with Gasteiger partial charge in [0.1, 0.15) is 0 Å². The van der Waals surface area contributed by atoms with Crippen LogP contribution in [0, 0.1) is 0 Å². The van der Waals surface area contributed by atoms with E-state index in [2.05, 4.69) is 24.3 Å². The number of hydrogen-bond donors (Lipinski definition) is 0.